The predicted molar refractivity (Wildman–Crippen MR) is 121 cm³/mol. The van der Waals surface area contributed by atoms with Crippen molar-refractivity contribution in [3.05, 3.63) is 65.7 Å². The van der Waals surface area contributed by atoms with Gasteiger partial charge in [0.25, 0.3) is 0 Å². The van der Waals surface area contributed by atoms with Gasteiger partial charge in [0.1, 0.15) is 0 Å². The van der Waals surface area contributed by atoms with E-state index in [9.17, 15) is 14.4 Å². The minimum Gasteiger partial charge on any atom is -0.462 e. The molecule has 0 radical (unpaired) electrons. The molecule has 2 aliphatic carbocycles. The van der Waals surface area contributed by atoms with Crippen molar-refractivity contribution in [2.45, 2.75) is 44.9 Å². The van der Waals surface area contributed by atoms with Gasteiger partial charge in [0.15, 0.2) is 0 Å². The van der Waals surface area contributed by atoms with Crippen molar-refractivity contribution in [1.82, 2.24) is 0 Å². The Balaban J connectivity index is 1.31. The number of hydrogen-bond donors (Lipinski definition) is 0. The number of benzene rings is 2. The van der Waals surface area contributed by atoms with Crippen molar-refractivity contribution in [3.63, 3.8) is 0 Å². The topological polar surface area (TPSA) is 63.7 Å². The highest BCUT2D eigenvalue weighted by atomic mass is 16.5. The Bertz CT molecular complexity index is 1020. The molecule has 5 heteroatoms. The van der Waals surface area contributed by atoms with Gasteiger partial charge in [0.05, 0.1) is 29.7 Å². The first kappa shape index (κ1) is 20.9. The summed E-state index contributed by atoms with van der Waals surface area (Å²) in [6.07, 6.45) is 4.89. The van der Waals surface area contributed by atoms with E-state index in [1.807, 2.05) is 18.2 Å². The Hall–Kier alpha value is -2.95. The number of hydrogen-bond acceptors (Lipinski definition) is 4. The van der Waals surface area contributed by atoms with Gasteiger partial charge in [0, 0.05) is 0 Å². The van der Waals surface area contributed by atoms with E-state index in [2.05, 4.69) is 19.1 Å². The van der Waals surface area contributed by atoms with Crippen molar-refractivity contribution >= 4 is 23.5 Å². The molecule has 5 unspecified atom stereocenters. The number of esters is 1. The van der Waals surface area contributed by atoms with E-state index >= 15 is 0 Å². The summed E-state index contributed by atoms with van der Waals surface area (Å²) >= 11 is 0. The molecule has 0 spiro atoms. The Morgan fingerprint density at radius 3 is 2.38 bits per heavy atom. The molecule has 2 saturated carbocycles. The van der Waals surface area contributed by atoms with Gasteiger partial charge >= 0.3 is 5.97 Å². The molecule has 2 aromatic rings. The van der Waals surface area contributed by atoms with Crippen LogP contribution in [0.4, 0.5) is 5.69 Å². The summed E-state index contributed by atoms with van der Waals surface area (Å²) in [5.41, 5.74) is 2.26. The quantitative estimate of drug-likeness (QED) is 0.353. The van der Waals surface area contributed by atoms with E-state index in [-0.39, 0.29) is 41.5 Å². The van der Waals surface area contributed by atoms with Gasteiger partial charge in [-0.15, -0.1) is 0 Å². The molecule has 5 rings (SSSR count). The second-order valence-corrected chi connectivity index (χ2v) is 9.37. The average molecular weight is 432 g/mol. The molecule has 3 aliphatic rings. The van der Waals surface area contributed by atoms with Crippen LogP contribution in [0.2, 0.25) is 0 Å². The number of amides is 2. The second-order valence-electron chi connectivity index (χ2n) is 9.37. The lowest BCUT2D eigenvalue weighted by atomic mass is 9.73. The minimum atomic E-state index is -0.368. The molecule has 5 nitrogen and oxygen atoms in total. The van der Waals surface area contributed by atoms with Crippen LogP contribution in [0.15, 0.2) is 54.6 Å². The maximum absolute atomic E-state index is 13.4. The van der Waals surface area contributed by atoms with Gasteiger partial charge in [-0.05, 0) is 66.8 Å². The SMILES string of the molecule is CCCCCOC(=O)c1ccc(N2C(=O)C3C4CC(c5ccccc5)C(C4)C3C2=O)cc1. The largest absolute Gasteiger partial charge is 0.462 e. The lowest BCUT2D eigenvalue weighted by Gasteiger charge is -2.28. The average Bonchev–Trinajstić information content (AvgIpc) is 3.49. The summed E-state index contributed by atoms with van der Waals surface area (Å²) in [4.78, 5) is 40.2. The molecule has 1 heterocycles. The molecular formula is C27H29NO4. The summed E-state index contributed by atoms with van der Waals surface area (Å²) < 4.78 is 5.30. The van der Waals surface area contributed by atoms with Crippen molar-refractivity contribution in [1.29, 1.82) is 0 Å². The highest BCUT2D eigenvalue weighted by molar-refractivity contribution is 6.22. The normalized spacial score (nSPS) is 28.3. The number of carbonyl (C=O) groups excluding carboxylic acids is 3. The fraction of sp³-hybridized carbons (Fsp3) is 0.444. The lowest BCUT2D eigenvalue weighted by Crippen LogP contribution is -2.33. The molecule has 2 amide bonds. The van der Waals surface area contributed by atoms with Crippen LogP contribution < -0.4 is 4.90 Å². The highest BCUT2D eigenvalue weighted by Gasteiger charge is 2.64. The zero-order valence-corrected chi connectivity index (χ0v) is 18.4. The van der Waals surface area contributed by atoms with Gasteiger partial charge in [-0.3, -0.25) is 14.5 Å². The smallest absolute Gasteiger partial charge is 0.338 e. The summed E-state index contributed by atoms with van der Waals surface area (Å²) in [5.74, 6) is -0.0983. The van der Waals surface area contributed by atoms with Crippen molar-refractivity contribution in [3.8, 4) is 0 Å². The first-order valence-corrected chi connectivity index (χ1v) is 11.8. The summed E-state index contributed by atoms with van der Waals surface area (Å²) in [7, 11) is 0. The minimum absolute atomic E-state index is 0.0751. The van der Waals surface area contributed by atoms with Crippen LogP contribution in [0, 0.1) is 23.7 Å². The highest BCUT2D eigenvalue weighted by Crippen LogP contribution is 2.61. The van der Waals surface area contributed by atoms with Gasteiger partial charge < -0.3 is 4.74 Å². The van der Waals surface area contributed by atoms with Crippen molar-refractivity contribution in [2.24, 2.45) is 23.7 Å². The summed E-state index contributed by atoms with van der Waals surface area (Å²) in [6.45, 7) is 2.51. The standard InChI is InChI=1S/C27H29NO4/c1-2-3-7-14-32-27(31)18-10-12-20(13-11-18)28-25(29)23-19-15-21(17-8-5-4-6-9-17)22(16-19)24(23)26(28)30/h4-6,8-13,19,21-24H,2-3,7,14-16H2,1H3. The molecular weight excluding hydrogens is 402 g/mol. The van der Waals surface area contributed by atoms with E-state index in [0.717, 1.165) is 32.1 Å². The van der Waals surface area contributed by atoms with Crippen LogP contribution in [-0.4, -0.2) is 24.4 Å². The zero-order chi connectivity index (χ0) is 22.2. The number of unbranched alkanes of at least 4 members (excludes halogenated alkanes) is 2. The molecule has 3 fully saturated rings. The molecule has 0 N–H and O–H groups in total. The third kappa shape index (κ3) is 3.44. The lowest BCUT2D eigenvalue weighted by molar-refractivity contribution is -0.123. The molecule has 166 valence electrons. The Labute approximate surface area is 188 Å². The molecule has 5 atom stereocenters. The number of rotatable bonds is 7. The van der Waals surface area contributed by atoms with Gasteiger partial charge in [-0.1, -0.05) is 50.1 Å². The number of carbonyl (C=O) groups is 3. The number of ether oxygens (including phenoxy) is 1. The van der Waals surface area contributed by atoms with Gasteiger partial charge in [-0.25, -0.2) is 4.79 Å². The van der Waals surface area contributed by atoms with E-state index in [4.69, 9.17) is 4.74 Å². The predicted octanol–water partition coefficient (Wildman–Crippen LogP) is 4.96. The third-order valence-electron chi connectivity index (χ3n) is 7.59. The van der Waals surface area contributed by atoms with Crippen LogP contribution in [-0.2, 0) is 14.3 Å². The fourth-order valence-electron chi connectivity index (χ4n) is 6.14. The van der Waals surface area contributed by atoms with E-state index in [0.29, 0.717) is 23.8 Å². The number of nitrogens with zero attached hydrogens (tertiary/aromatic N) is 1. The van der Waals surface area contributed by atoms with Crippen LogP contribution in [0.3, 0.4) is 0 Å². The molecule has 32 heavy (non-hydrogen) atoms. The molecule has 1 saturated heterocycles. The summed E-state index contributed by atoms with van der Waals surface area (Å²) in [6, 6.07) is 17.1. The maximum Gasteiger partial charge on any atom is 0.338 e. The van der Waals surface area contributed by atoms with Gasteiger partial charge in [-0.2, -0.15) is 0 Å². The monoisotopic (exact) mass is 431 g/mol. The number of imide groups is 1. The first-order chi connectivity index (χ1) is 15.6. The van der Waals surface area contributed by atoms with E-state index in [1.165, 1.54) is 10.5 Å². The molecule has 1 aliphatic heterocycles. The number of fused-ring (bicyclic) bond motifs is 5. The second kappa shape index (κ2) is 8.53. The third-order valence-corrected chi connectivity index (χ3v) is 7.59. The zero-order valence-electron chi connectivity index (χ0n) is 18.4. The molecule has 2 bridgehead atoms. The first-order valence-electron chi connectivity index (χ1n) is 11.8. The molecule has 0 aromatic heterocycles. The van der Waals surface area contributed by atoms with Crippen molar-refractivity contribution in [2.75, 3.05) is 11.5 Å². The Morgan fingerprint density at radius 1 is 0.938 bits per heavy atom. The molecule has 2 aromatic carbocycles. The summed E-state index contributed by atoms with van der Waals surface area (Å²) in [5, 5.41) is 0. The Kier molecular flexibility index (Phi) is 5.58. The van der Waals surface area contributed by atoms with Crippen LogP contribution in [0.5, 0.6) is 0 Å². The van der Waals surface area contributed by atoms with Gasteiger partial charge in [0.2, 0.25) is 11.8 Å². The van der Waals surface area contributed by atoms with Crippen molar-refractivity contribution < 1.29 is 19.1 Å². The van der Waals surface area contributed by atoms with E-state index < -0.39 is 0 Å². The van der Waals surface area contributed by atoms with Crippen LogP contribution in [0.25, 0.3) is 0 Å². The van der Waals surface area contributed by atoms with E-state index in [1.54, 1.807) is 24.3 Å². The Morgan fingerprint density at radius 2 is 1.66 bits per heavy atom. The number of anilines is 1. The van der Waals surface area contributed by atoms with Crippen LogP contribution >= 0.6 is 0 Å². The van der Waals surface area contributed by atoms with Crippen LogP contribution in [0.1, 0.15) is 60.9 Å². The maximum atomic E-state index is 13.4. The fourth-order valence-corrected chi connectivity index (χ4v) is 6.14.